The van der Waals surface area contributed by atoms with Gasteiger partial charge in [0, 0.05) is 25.2 Å². The fourth-order valence-electron chi connectivity index (χ4n) is 4.05. The van der Waals surface area contributed by atoms with Gasteiger partial charge in [0.05, 0.1) is 11.2 Å². The van der Waals surface area contributed by atoms with Gasteiger partial charge in [0.1, 0.15) is 0 Å². The molecule has 0 spiro atoms. The summed E-state index contributed by atoms with van der Waals surface area (Å²) >= 11 is 0. The summed E-state index contributed by atoms with van der Waals surface area (Å²) in [5.74, 6) is 0. The van der Waals surface area contributed by atoms with Crippen LogP contribution >= 0.6 is 0 Å². The van der Waals surface area contributed by atoms with E-state index in [1.165, 1.54) is 6.07 Å². The van der Waals surface area contributed by atoms with Crippen LogP contribution in [-0.4, -0.2) is 41.3 Å². The van der Waals surface area contributed by atoms with Crippen molar-refractivity contribution in [2.75, 3.05) is 19.6 Å². The van der Waals surface area contributed by atoms with Crippen LogP contribution in [0.1, 0.15) is 49.8 Å². The smallest absolute Gasteiger partial charge is 0.390 e. The molecule has 0 saturated carbocycles. The van der Waals surface area contributed by atoms with Crippen molar-refractivity contribution in [2.45, 2.75) is 56.5 Å². The van der Waals surface area contributed by atoms with Gasteiger partial charge < -0.3 is 10.4 Å². The lowest BCUT2D eigenvalue weighted by molar-refractivity contribution is -0.140. The van der Waals surface area contributed by atoms with Gasteiger partial charge in [-0.3, -0.25) is 4.90 Å². The fourth-order valence-corrected chi connectivity index (χ4v) is 4.05. The molecule has 6 heteroatoms. The van der Waals surface area contributed by atoms with Crippen molar-refractivity contribution in [3.63, 3.8) is 0 Å². The Kier molecular flexibility index (Phi) is 4.91. The van der Waals surface area contributed by atoms with Crippen molar-refractivity contribution in [1.29, 1.82) is 0 Å². The second-order valence-electron chi connectivity index (χ2n) is 7.29. The summed E-state index contributed by atoms with van der Waals surface area (Å²) in [6.45, 7) is 4.11. The van der Waals surface area contributed by atoms with Crippen LogP contribution in [0.25, 0.3) is 0 Å². The van der Waals surface area contributed by atoms with Gasteiger partial charge in [-0.15, -0.1) is 0 Å². The highest BCUT2D eigenvalue weighted by Gasteiger charge is 2.43. The number of likely N-dealkylation sites (tertiary alicyclic amines) is 1. The highest BCUT2D eigenvalue weighted by atomic mass is 19.4. The Bertz CT molecular complexity index is 568. The van der Waals surface area contributed by atoms with Crippen LogP contribution in [0.4, 0.5) is 13.2 Å². The number of hydrogen-bond acceptors (Lipinski definition) is 3. The van der Waals surface area contributed by atoms with Crippen molar-refractivity contribution < 1.29 is 18.3 Å². The molecule has 2 saturated heterocycles. The summed E-state index contributed by atoms with van der Waals surface area (Å²) in [7, 11) is 0. The third-order valence-electron chi connectivity index (χ3n) is 5.31. The van der Waals surface area contributed by atoms with Gasteiger partial charge in [0.2, 0.25) is 0 Å². The molecular formula is C18H25F3N2O. The number of halogens is 3. The Morgan fingerprint density at radius 1 is 1.29 bits per heavy atom. The van der Waals surface area contributed by atoms with Crippen molar-refractivity contribution in [3.05, 3.63) is 35.4 Å². The number of hydrogen-bond donors (Lipinski definition) is 2. The van der Waals surface area contributed by atoms with E-state index in [-0.39, 0.29) is 11.6 Å². The van der Waals surface area contributed by atoms with E-state index in [4.69, 9.17) is 0 Å². The largest absolute Gasteiger partial charge is 0.416 e. The summed E-state index contributed by atoms with van der Waals surface area (Å²) in [6, 6.07) is 5.62. The van der Waals surface area contributed by atoms with Crippen molar-refractivity contribution in [2.24, 2.45) is 0 Å². The molecule has 0 radical (unpaired) electrons. The van der Waals surface area contributed by atoms with Crippen LogP contribution in [0.5, 0.6) is 0 Å². The number of piperidine rings is 2. The van der Waals surface area contributed by atoms with Gasteiger partial charge >= 0.3 is 6.18 Å². The van der Waals surface area contributed by atoms with Crippen LogP contribution in [0.15, 0.2) is 24.3 Å². The SMILES string of the molecule is CC1(O)CCN(C2CCCNC2)C(c2ccccc2C(F)(F)F)C1. The summed E-state index contributed by atoms with van der Waals surface area (Å²) < 4.78 is 40.4. The van der Waals surface area contributed by atoms with E-state index in [1.54, 1.807) is 19.1 Å². The molecule has 3 unspecified atom stereocenters. The Morgan fingerprint density at radius 2 is 2.04 bits per heavy atom. The van der Waals surface area contributed by atoms with Gasteiger partial charge in [-0.2, -0.15) is 13.2 Å². The zero-order chi connectivity index (χ0) is 17.4. The van der Waals surface area contributed by atoms with E-state index < -0.39 is 23.4 Å². The molecule has 0 aromatic heterocycles. The van der Waals surface area contributed by atoms with Gasteiger partial charge in [0.25, 0.3) is 0 Å². The zero-order valence-electron chi connectivity index (χ0n) is 13.9. The van der Waals surface area contributed by atoms with Gasteiger partial charge in [0.15, 0.2) is 0 Å². The van der Waals surface area contributed by atoms with Crippen molar-refractivity contribution in [3.8, 4) is 0 Å². The molecule has 2 N–H and O–H groups in total. The number of alkyl halides is 3. The molecule has 2 aliphatic heterocycles. The first-order valence-electron chi connectivity index (χ1n) is 8.63. The molecule has 0 bridgehead atoms. The molecule has 134 valence electrons. The maximum atomic E-state index is 13.5. The van der Waals surface area contributed by atoms with Crippen LogP contribution < -0.4 is 5.32 Å². The topological polar surface area (TPSA) is 35.5 Å². The van der Waals surface area contributed by atoms with Crippen molar-refractivity contribution in [1.82, 2.24) is 10.2 Å². The van der Waals surface area contributed by atoms with Crippen LogP contribution in [0, 0.1) is 0 Å². The lowest BCUT2D eigenvalue weighted by atomic mass is 9.81. The molecule has 2 heterocycles. The molecule has 1 aromatic rings. The molecule has 0 aliphatic carbocycles. The third-order valence-corrected chi connectivity index (χ3v) is 5.31. The number of benzene rings is 1. The molecule has 2 fully saturated rings. The molecule has 24 heavy (non-hydrogen) atoms. The third kappa shape index (κ3) is 3.76. The Hall–Kier alpha value is -1.11. The van der Waals surface area contributed by atoms with Crippen molar-refractivity contribution >= 4 is 0 Å². The molecule has 0 amide bonds. The predicted octanol–water partition coefficient (Wildman–Crippen LogP) is 3.35. The summed E-state index contributed by atoms with van der Waals surface area (Å²) in [5.41, 5.74) is -1.22. The molecule has 1 aromatic carbocycles. The zero-order valence-corrected chi connectivity index (χ0v) is 13.9. The van der Waals surface area contributed by atoms with E-state index in [1.807, 2.05) is 0 Å². The maximum Gasteiger partial charge on any atom is 0.416 e. The van der Waals surface area contributed by atoms with E-state index in [9.17, 15) is 18.3 Å². The van der Waals surface area contributed by atoms with E-state index in [2.05, 4.69) is 10.2 Å². The van der Waals surface area contributed by atoms with Crippen LogP contribution in [-0.2, 0) is 6.18 Å². The standard InChI is InChI=1S/C18H25F3N2O/c1-17(24)8-10-23(13-5-4-9-22-12-13)16(11-17)14-6-2-3-7-15(14)18(19,20)21/h2-3,6-7,13,16,22,24H,4-5,8-12H2,1H3. The molecule has 3 atom stereocenters. The first-order chi connectivity index (χ1) is 11.3. The maximum absolute atomic E-state index is 13.5. The second kappa shape index (κ2) is 6.65. The first-order valence-corrected chi connectivity index (χ1v) is 8.63. The number of nitrogens with zero attached hydrogens (tertiary/aromatic N) is 1. The summed E-state index contributed by atoms with van der Waals surface area (Å²) in [4.78, 5) is 2.18. The van der Waals surface area contributed by atoms with Gasteiger partial charge in [-0.1, -0.05) is 18.2 Å². The van der Waals surface area contributed by atoms with E-state index >= 15 is 0 Å². The predicted molar refractivity (Wildman–Crippen MR) is 86.6 cm³/mol. The molecule has 3 rings (SSSR count). The van der Waals surface area contributed by atoms with Crippen LogP contribution in [0.2, 0.25) is 0 Å². The molecule has 2 aliphatic rings. The normalized spacial score (nSPS) is 32.7. The highest BCUT2D eigenvalue weighted by molar-refractivity contribution is 5.33. The second-order valence-corrected chi connectivity index (χ2v) is 7.29. The lowest BCUT2D eigenvalue weighted by Gasteiger charge is -2.48. The summed E-state index contributed by atoms with van der Waals surface area (Å²) in [5, 5.41) is 13.8. The van der Waals surface area contributed by atoms with Gasteiger partial charge in [-0.05, 0) is 50.8 Å². The Labute approximate surface area is 140 Å². The first kappa shape index (κ1) is 17.7. The Balaban J connectivity index is 1.97. The monoisotopic (exact) mass is 342 g/mol. The molecular weight excluding hydrogens is 317 g/mol. The van der Waals surface area contributed by atoms with E-state index in [0.29, 0.717) is 19.4 Å². The fraction of sp³-hybridized carbons (Fsp3) is 0.667. The quantitative estimate of drug-likeness (QED) is 0.865. The highest BCUT2D eigenvalue weighted by Crippen LogP contribution is 2.43. The minimum absolute atomic E-state index is 0.223. The number of aliphatic hydroxyl groups is 1. The average molecular weight is 342 g/mol. The molecule has 3 nitrogen and oxygen atoms in total. The average Bonchev–Trinajstić information content (AvgIpc) is 2.54. The summed E-state index contributed by atoms with van der Waals surface area (Å²) in [6.07, 6.45) is -1.44. The van der Waals surface area contributed by atoms with Gasteiger partial charge in [-0.25, -0.2) is 0 Å². The minimum Gasteiger partial charge on any atom is -0.390 e. The Morgan fingerprint density at radius 3 is 2.71 bits per heavy atom. The minimum atomic E-state index is -4.38. The lowest BCUT2D eigenvalue weighted by Crippen LogP contribution is -2.53. The number of rotatable bonds is 2. The number of nitrogens with one attached hydrogen (secondary N) is 1. The van der Waals surface area contributed by atoms with Crippen LogP contribution in [0.3, 0.4) is 0 Å². The van der Waals surface area contributed by atoms with E-state index in [0.717, 1.165) is 32.0 Å².